The number of benzene rings is 2. The second kappa shape index (κ2) is 11.6. The molecule has 9 nitrogen and oxygen atoms in total. The van der Waals surface area contributed by atoms with Crippen LogP contribution in [0.2, 0.25) is 0 Å². The van der Waals surface area contributed by atoms with Crippen LogP contribution in [-0.2, 0) is 9.59 Å². The van der Waals surface area contributed by atoms with Gasteiger partial charge in [0.05, 0.1) is 19.2 Å². The van der Waals surface area contributed by atoms with E-state index in [1.54, 1.807) is 31.5 Å². The van der Waals surface area contributed by atoms with E-state index in [2.05, 4.69) is 20.9 Å². The monoisotopic (exact) mass is 522 g/mol. The van der Waals surface area contributed by atoms with E-state index < -0.39 is 17.6 Å². The molecule has 1 aliphatic carbocycles. The zero-order valence-corrected chi connectivity index (χ0v) is 21.2. The van der Waals surface area contributed by atoms with Crippen LogP contribution in [0.25, 0.3) is 10.9 Å². The number of piperidine rings is 1. The second-order valence-corrected chi connectivity index (χ2v) is 9.69. The highest BCUT2D eigenvalue weighted by atomic mass is 19.1. The summed E-state index contributed by atoms with van der Waals surface area (Å²) in [4.78, 5) is 28.4. The van der Waals surface area contributed by atoms with Gasteiger partial charge < -0.3 is 30.2 Å². The molecule has 1 aliphatic heterocycles. The van der Waals surface area contributed by atoms with E-state index in [1.165, 1.54) is 12.1 Å². The van der Waals surface area contributed by atoms with E-state index in [0.717, 1.165) is 44.8 Å². The fraction of sp³-hybridized carbons (Fsp3) is 0.393. The number of hydrogen-bond donors (Lipinski definition) is 3. The van der Waals surface area contributed by atoms with Crippen LogP contribution in [0.4, 0.5) is 10.1 Å². The van der Waals surface area contributed by atoms with Crippen molar-refractivity contribution in [1.29, 1.82) is 0 Å². The third-order valence-corrected chi connectivity index (χ3v) is 6.78. The minimum absolute atomic E-state index is 0.0427. The lowest BCUT2D eigenvalue weighted by atomic mass is 9.99. The molecule has 3 aromatic rings. The molecule has 2 aliphatic rings. The van der Waals surface area contributed by atoms with Gasteiger partial charge in [0.1, 0.15) is 5.75 Å². The lowest BCUT2D eigenvalue weighted by Gasteiger charge is -2.23. The minimum atomic E-state index is -0.843. The van der Waals surface area contributed by atoms with Gasteiger partial charge in [0.25, 0.3) is 0 Å². The first-order valence-corrected chi connectivity index (χ1v) is 12.9. The minimum Gasteiger partial charge on any atom is -0.493 e. The number of carbonyl (C=O) groups excluding carboxylic acids is 2. The van der Waals surface area contributed by atoms with E-state index in [1.807, 2.05) is 0 Å². The molecule has 1 aromatic heterocycles. The van der Waals surface area contributed by atoms with E-state index in [4.69, 9.17) is 14.2 Å². The van der Waals surface area contributed by atoms with Crippen molar-refractivity contribution in [2.45, 2.75) is 25.7 Å². The number of pyridine rings is 1. The number of nitrogens with zero attached hydrogens (tertiary/aromatic N) is 1. The summed E-state index contributed by atoms with van der Waals surface area (Å²) in [5.41, 5.74) is 0.767. The molecule has 2 heterocycles. The quantitative estimate of drug-likeness (QED) is 0.364. The predicted molar refractivity (Wildman–Crippen MR) is 140 cm³/mol. The maximum absolute atomic E-state index is 14.9. The number of anilines is 1. The topological polar surface area (TPSA) is 111 Å². The molecule has 200 valence electrons. The molecular weight excluding hydrogens is 491 g/mol. The number of ether oxygens (including phenoxy) is 3. The van der Waals surface area contributed by atoms with Gasteiger partial charge in [-0.1, -0.05) is 0 Å². The number of rotatable bonds is 9. The van der Waals surface area contributed by atoms with Gasteiger partial charge >= 0.3 is 11.8 Å². The van der Waals surface area contributed by atoms with Gasteiger partial charge in [-0.15, -0.1) is 0 Å². The molecule has 0 spiro atoms. The van der Waals surface area contributed by atoms with Gasteiger partial charge in [-0.3, -0.25) is 14.6 Å². The predicted octanol–water partition coefficient (Wildman–Crippen LogP) is 4.02. The Balaban J connectivity index is 1.28. The Hall–Kier alpha value is -3.92. The van der Waals surface area contributed by atoms with Gasteiger partial charge in [-0.2, -0.15) is 0 Å². The van der Waals surface area contributed by atoms with Gasteiger partial charge in [0.15, 0.2) is 23.1 Å². The normalized spacial score (nSPS) is 15.6. The largest absolute Gasteiger partial charge is 0.493 e. The van der Waals surface area contributed by atoms with Crippen LogP contribution < -0.4 is 30.2 Å². The van der Waals surface area contributed by atoms with E-state index in [0.29, 0.717) is 53.1 Å². The SMILES string of the molecule is COc1cc2c(Oc3ccc(NC(=O)C(=O)NCC4CC4)cc3F)ccnc2cc1OCC1CCNCC1. The third-order valence-electron chi connectivity index (χ3n) is 6.78. The van der Waals surface area contributed by atoms with Crippen molar-refractivity contribution in [2.75, 3.05) is 38.7 Å². The summed E-state index contributed by atoms with van der Waals surface area (Å²) in [7, 11) is 1.56. The first-order valence-electron chi connectivity index (χ1n) is 12.9. The molecule has 0 radical (unpaired) electrons. The number of carbonyl (C=O) groups is 2. The number of nitrogens with one attached hydrogen (secondary N) is 3. The molecule has 3 N–H and O–H groups in total. The molecule has 2 amide bonds. The van der Waals surface area contributed by atoms with Gasteiger partial charge in [0, 0.05) is 35.9 Å². The molecule has 0 unspecified atom stereocenters. The Morgan fingerprint density at radius 2 is 1.79 bits per heavy atom. The molecule has 2 fully saturated rings. The van der Waals surface area contributed by atoms with Crippen molar-refractivity contribution in [3.05, 3.63) is 48.4 Å². The van der Waals surface area contributed by atoms with Crippen molar-refractivity contribution >= 4 is 28.4 Å². The first-order chi connectivity index (χ1) is 18.5. The van der Waals surface area contributed by atoms with E-state index in [9.17, 15) is 14.0 Å². The van der Waals surface area contributed by atoms with Crippen LogP contribution in [0.15, 0.2) is 42.6 Å². The molecule has 5 rings (SSSR count). The highest BCUT2D eigenvalue weighted by Gasteiger charge is 2.24. The van der Waals surface area contributed by atoms with Gasteiger partial charge in [-0.05, 0) is 74.9 Å². The van der Waals surface area contributed by atoms with Gasteiger partial charge in [-0.25, -0.2) is 4.39 Å². The van der Waals surface area contributed by atoms with E-state index >= 15 is 0 Å². The average molecular weight is 523 g/mol. The maximum atomic E-state index is 14.9. The number of aromatic nitrogens is 1. The first kappa shape index (κ1) is 25.7. The molecule has 1 saturated heterocycles. The summed E-state index contributed by atoms with van der Waals surface area (Å²) in [6.45, 7) is 3.05. The summed E-state index contributed by atoms with van der Waals surface area (Å²) >= 11 is 0. The van der Waals surface area contributed by atoms with Crippen LogP contribution in [0.1, 0.15) is 25.7 Å². The summed E-state index contributed by atoms with van der Waals surface area (Å²) < 4.78 is 32.4. The zero-order valence-electron chi connectivity index (χ0n) is 21.2. The number of halogens is 1. The maximum Gasteiger partial charge on any atom is 0.313 e. The highest BCUT2D eigenvalue weighted by molar-refractivity contribution is 6.39. The van der Waals surface area contributed by atoms with Crippen LogP contribution in [0.3, 0.4) is 0 Å². The van der Waals surface area contributed by atoms with Crippen LogP contribution in [0.5, 0.6) is 23.0 Å². The average Bonchev–Trinajstić information content (AvgIpc) is 3.77. The van der Waals surface area contributed by atoms with Crippen LogP contribution in [-0.4, -0.2) is 50.1 Å². The van der Waals surface area contributed by atoms with Crippen LogP contribution >= 0.6 is 0 Å². The summed E-state index contributed by atoms with van der Waals surface area (Å²) in [5, 5.41) is 8.97. The van der Waals surface area contributed by atoms with Crippen molar-refractivity contribution in [3.63, 3.8) is 0 Å². The standard InChI is InChI=1S/C28H31FN4O5/c1-36-25-13-20-22(14-26(25)37-16-18-6-9-30-10-7-18)31-11-8-23(20)38-24-5-4-19(12-21(24)29)33-28(35)27(34)32-15-17-2-3-17/h4-5,8,11-14,17-18,30H,2-3,6-7,9-10,15-16H2,1H3,(H,32,34)(H,33,35). The summed E-state index contributed by atoms with van der Waals surface area (Å²) in [5.74, 6) is 0.110. The Labute approximate surface area is 220 Å². The van der Waals surface area contributed by atoms with Crippen molar-refractivity contribution in [2.24, 2.45) is 11.8 Å². The van der Waals surface area contributed by atoms with E-state index in [-0.39, 0.29) is 11.4 Å². The Morgan fingerprint density at radius 3 is 2.53 bits per heavy atom. The summed E-state index contributed by atoms with van der Waals surface area (Å²) in [6.07, 6.45) is 5.82. The molecule has 38 heavy (non-hydrogen) atoms. The molecule has 0 bridgehead atoms. The lowest BCUT2D eigenvalue weighted by molar-refractivity contribution is -0.136. The zero-order chi connectivity index (χ0) is 26.5. The Morgan fingerprint density at radius 1 is 0.974 bits per heavy atom. The molecule has 2 aromatic carbocycles. The summed E-state index contributed by atoms with van der Waals surface area (Å²) in [6, 6.07) is 9.18. The molecule has 1 saturated carbocycles. The van der Waals surface area contributed by atoms with Crippen molar-refractivity contribution < 1.29 is 28.2 Å². The third kappa shape index (κ3) is 6.31. The number of methoxy groups -OCH3 is 1. The number of amides is 2. The fourth-order valence-corrected chi connectivity index (χ4v) is 4.35. The Kier molecular flexibility index (Phi) is 7.88. The van der Waals surface area contributed by atoms with Crippen molar-refractivity contribution in [1.82, 2.24) is 15.6 Å². The number of fused-ring (bicyclic) bond motifs is 1. The number of hydrogen-bond acceptors (Lipinski definition) is 7. The molecule has 0 atom stereocenters. The smallest absolute Gasteiger partial charge is 0.313 e. The lowest BCUT2D eigenvalue weighted by Crippen LogP contribution is -2.36. The molecule has 10 heteroatoms. The fourth-order valence-electron chi connectivity index (χ4n) is 4.35. The Bertz CT molecular complexity index is 1320. The van der Waals surface area contributed by atoms with Crippen LogP contribution in [0, 0.1) is 17.7 Å². The van der Waals surface area contributed by atoms with Gasteiger partial charge in [0.2, 0.25) is 0 Å². The van der Waals surface area contributed by atoms with Crippen molar-refractivity contribution in [3.8, 4) is 23.0 Å². The second-order valence-electron chi connectivity index (χ2n) is 9.69. The molecular formula is C28H31FN4O5. The highest BCUT2D eigenvalue weighted by Crippen LogP contribution is 2.38.